The number of nitrogens with one attached hydrogen (secondary N) is 1. The molecule has 1 aliphatic heterocycles. The highest BCUT2D eigenvalue weighted by atomic mass is 16.3. The maximum Gasteiger partial charge on any atom is 0.194 e. The lowest BCUT2D eigenvalue weighted by atomic mass is 10.1. The van der Waals surface area contributed by atoms with Crippen molar-refractivity contribution in [3.8, 4) is 0 Å². The molecule has 1 fully saturated rings. The van der Waals surface area contributed by atoms with Crippen LogP contribution in [0.4, 0.5) is 0 Å². The van der Waals surface area contributed by atoms with Crippen LogP contribution in [0.1, 0.15) is 24.5 Å². The summed E-state index contributed by atoms with van der Waals surface area (Å²) in [6, 6.07) is 10.3. The Morgan fingerprint density at radius 1 is 1.33 bits per heavy atom. The van der Waals surface area contributed by atoms with Crippen LogP contribution in [0.15, 0.2) is 47.7 Å². The second kappa shape index (κ2) is 7.97. The monoisotopic (exact) mass is 327 g/mol. The van der Waals surface area contributed by atoms with Gasteiger partial charge in [0.15, 0.2) is 5.96 Å². The summed E-state index contributed by atoms with van der Waals surface area (Å²) in [6.45, 7) is 5.75. The number of aromatic nitrogens is 2. The second-order valence-corrected chi connectivity index (χ2v) is 6.03. The molecule has 2 N–H and O–H groups in total. The van der Waals surface area contributed by atoms with Gasteiger partial charge in [0.2, 0.25) is 0 Å². The van der Waals surface area contributed by atoms with E-state index in [0.717, 1.165) is 32.0 Å². The molecule has 1 aromatic heterocycles. The molecular formula is C18H25N5O. The van der Waals surface area contributed by atoms with Crippen molar-refractivity contribution in [3.63, 3.8) is 0 Å². The van der Waals surface area contributed by atoms with E-state index in [4.69, 9.17) is 4.99 Å². The number of aliphatic hydroxyl groups is 1. The molecular weight excluding hydrogens is 302 g/mol. The first-order valence-electron chi connectivity index (χ1n) is 8.52. The maximum absolute atomic E-state index is 9.76. The molecule has 128 valence electrons. The Hall–Kier alpha value is -2.34. The van der Waals surface area contributed by atoms with E-state index in [1.807, 2.05) is 29.1 Å². The van der Waals surface area contributed by atoms with E-state index in [2.05, 4.69) is 34.4 Å². The van der Waals surface area contributed by atoms with Crippen molar-refractivity contribution in [2.24, 2.45) is 4.99 Å². The number of likely N-dealkylation sites (tertiary alicyclic amines) is 1. The first-order valence-corrected chi connectivity index (χ1v) is 8.52. The zero-order chi connectivity index (χ0) is 16.8. The highest BCUT2D eigenvalue weighted by Crippen LogP contribution is 2.13. The summed E-state index contributed by atoms with van der Waals surface area (Å²) in [5, 5.41) is 17.4. The molecule has 0 bridgehead atoms. The van der Waals surface area contributed by atoms with Crippen LogP contribution >= 0.6 is 0 Å². The number of aliphatic hydroxyl groups excluding tert-OH is 1. The normalized spacial score (nSPS) is 18.2. The number of hydrogen-bond acceptors (Lipinski definition) is 3. The fourth-order valence-corrected chi connectivity index (χ4v) is 2.95. The Bertz CT molecular complexity index is 668. The first kappa shape index (κ1) is 16.5. The van der Waals surface area contributed by atoms with Crippen molar-refractivity contribution in [2.45, 2.75) is 32.5 Å². The van der Waals surface area contributed by atoms with Gasteiger partial charge in [-0.25, -0.2) is 4.99 Å². The summed E-state index contributed by atoms with van der Waals surface area (Å²) in [7, 11) is 0. The van der Waals surface area contributed by atoms with E-state index in [9.17, 15) is 5.11 Å². The van der Waals surface area contributed by atoms with E-state index in [-0.39, 0.29) is 6.10 Å². The van der Waals surface area contributed by atoms with Gasteiger partial charge < -0.3 is 15.3 Å². The van der Waals surface area contributed by atoms with Gasteiger partial charge in [0.1, 0.15) is 0 Å². The molecule has 2 heterocycles. The number of hydrogen-bond donors (Lipinski definition) is 2. The van der Waals surface area contributed by atoms with E-state index >= 15 is 0 Å². The minimum Gasteiger partial charge on any atom is -0.391 e. The Kier molecular flexibility index (Phi) is 5.48. The second-order valence-electron chi connectivity index (χ2n) is 6.03. The largest absolute Gasteiger partial charge is 0.391 e. The van der Waals surface area contributed by atoms with Gasteiger partial charge in [-0.15, -0.1) is 0 Å². The molecule has 6 nitrogen and oxygen atoms in total. The van der Waals surface area contributed by atoms with Gasteiger partial charge in [-0.05, 0) is 30.5 Å². The highest BCUT2D eigenvalue weighted by molar-refractivity contribution is 5.80. The lowest BCUT2D eigenvalue weighted by Gasteiger charge is -2.21. The summed E-state index contributed by atoms with van der Waals surface area (Å²) in [6.07, 6.45) is 4.32. The molecule has 1 atom stereocenters. The van der Waals surface area contributed by atoms with Crippen molar-refractivity contribution in [3.05, 3.63) is 53.9 Å². The molecule has 1 saturated heterocycles. The van der Waals surface area contributed by atoms with Gasteiger partial charge >= 0.3 is 0 Å². The van der Waals surface area contributed by atoms with Gasteiger partial charge in [0.05, 0.1) is 19.2 Å². The molecule has 1 aliphatic rings. The molecule has 3 rings (SSSR count). The topological polar surface area (TPSA) is 65.7 Å². The smallest absolute Gasteiger partial charge is 0.194 e. The highest BCUT2D eigenvalue weighted by Gasteiger charge is 2.22. The maximum atomic E-state index is 9.76. The molecule has 0 spiro atoms. The standard InChI is InChI=1S/C18H25N5O/c1-2-19-18(22-11-8-17(24)14-22)20-12-15-6-3-4-7-16(15)13-23-10-5-9-21-23/h3-7,9-10,17,24H,2,8,11-14H2,1H3,(H,19,20)/t17-/m1/s1. The zero-order valence-electron chi connectivity index (χ0n) is 14.1. The van der Waals surface area contributed by atoms with Crippen molar-refractivity contribution in [2.75, 3.05) is 19.6 Å². The molecule has 1 aromatic carbocycles. The fourth-order valence-electron chi connectivity index (χ4n) is 2.95. The number of nitrogens with zero attached hydrogens (tertiary/aromatic N) is 4. The summed E-state index contributed by atoms with van der Waals surface area (Å²) >= 11 is 0. The van der Waals surface area contributed by atoms with E-state index < -0.39 is 0 Å². The number of rotatable bonds is 5. The van der Waals surface area contributed by atoms with Crippen molar-refractivity contribution >= 4 is 5.96 Å². The van der Waals surface area contributed by atoms with Crippen LogP contribution in [-0.4, -0.2) is 51.5 Å². The third-order valence-electron chi connectivity index (χ3n) is 4.21. The minimum absolute atomic E-state index is 0.249. The molecule has 0 unspecified atom stereocenters. The molecule has 24 heavy (non-hydrogen) atoms. The van der Waals surface area contributed by atoms with Crippen LogP contribution in [0.2, 0.25) is 0 Å². The summed E-state index contributed by atoms with van der Waals surface area (Å²) < 4.78 is 1.92. The predicted octanol–water partition coefficient (Wildman–Crippen LogP) is 1.46. The third kappa shape index (κ3) is 4.14. The van der Waals surface area contributed by atoms with Gasteiger partial charge in [0, 0.05) is 32.0 Å². The summed E-state index contributed by atoms with van der Waals surface area (Å²) in [4.78, 5) is 6.91. The first-order chi connectivity index (χ1) is 11.8. The van der Waals surface area contributed by atoms with Gasteiger partial charge in [-0.2, -0.15) is 5.10 Å². The number of guanidine groups is 1. The molecule has 0 amide bonds. The van der Waals surface area contributed by atoms with Gasteiger partial charge in [-0.1, -0.05) is 24.3 Å². The van der Waals surface area contributed by atoms with E-state index in [0.29, 0.717) is 13.1 Å². The van der Waals surface area contributed by atoms with Crippen LogP contribution < -0.4 is 5.32 Å². The number of benzene rings is 1. The molecule has 0 saturated carbocycles. The van der Waals surface area contributed by atoms with Gasteiger partial charge in [-0.3, -0.25) is 4.68 Å². The van der Waals surface area contributed by atoms with Crippen molar-refractivity contribution in [1.82, 2.24) is 20.0 Å². The Morgan fingerprint density at radius 3 is 2.83 bits per heavy atom. The SMILES string of the molecule is CCNC(=NCc1ccccc1Cn1cccn1)N1CC[C@@H](O)C1. The van der Waals surface area contributed by atoms with Crippen LogP contribution in [-0.2, 0) is 13.1 Å². The van der Waals surface area contributed by atoms with Gasteiger partial charge in [0.25, 0.3) is 0 Å². The lowest BCUT2D eigenvalue weighted by molar-refractivity contribution is 0.188. The number of aliphatic imine (C=N–C) groups is 1. The predicted molar refractivity (Wildman–Crippen MR) is 94.8 cm³/mol. The van der Waals surface area contributed by atoms with Crippen LogP contribution in [0.25, 0.3) is 0 Å². The number of β-amino-alcohol motifs (C(OH)–C–C–N with tert-alkyl or cyclic N) is 1. The van der Waals surface area contributed by atoms with Crippen LogP contribution in [0, 0.1) is 0 Å². The summed E-state index contributed by atoms with van der Waals surface area (Å²) in [5.41, 5.74) is 2.42. The summed E-state index contributed by atoms with van der Waals surface area (Å²) in [5.74, 6) is 0.878. The molecule has 6 heteroatoms. The average molecular weight is 327 g/mol. The van der Waals surface area contributed by atoms with Crippen molar-refractivity contribution in [1.29, 1.82) is 0 Å². The Balaban J connectivity index is 1.74. The average Bonchev–Trinajstić information content (AvgIpc) is 3.24. The van der Waals surface area contributed by atoms with Crippen molar-refractivity contribution < 1.29 is 5.11 Å². The molecule has 2 aromatic rings. The Morgan fingerprint density at radius 2 is 2.17 bits per heavy atom. The quantitative estimate of drug-likeness (QED) is 0.645. The molecule has 0 radical (unpaired) electrons. The molecule has 0 aliphatic carbocycles. The van der Waals surface area contributed by atoms with Crippen LogP contribution in [0.5, 0.6) is 0 Å². The fraction of sp³-hybridized carbons (Fsp3) is 0.444. The Labute approximate surface area is 142 Å². The minimum atomic E-state index is -0.249. The zero-order valence-corrected chi connectivity index (χ0v) is 14.1. The van der Waals surface area contributed by atoms with Crippen LogP contribution in [0.3, 0.4) is 0 Å². The lowest BCUT2D eigenvalue weighted by Crippen LogP contribution is -2.40. The van der Waals surface area contributed by atoms with E-state index in [1.165, 1.54) is 11.1 Å². The van der Waals surface area contributed by atoms with E-state index in [1.54, 1.807) is 6.20 Å². The third-order valence-corrected chi connectivity index (χ3v) is 4.21.